The lowest BCUT2D eigenvalue weighted by atomic mass is 9.89. The summed E-state index contributed by atoms with van der Waals surface area (Å²) >= 11 is 0. The van der Waals surface area contributed by atoms with E-state index in [9.17, 15) is 9.59 Å². The van der Waals surface area contributed by atoms with E-state index < -0.39 is 0 Å². The monoisotopic (exact) mass is 502 g/mol. The van der Waals surface area contributed by atoms with Crippen molar-refractivity contribution in [3.8, 4) is 5.75 Å². The number of urea groups is 1. The molecule has 0 atom stereocenters. The summed E-state index contributed by atoms with van der Waals surface area (Å²) in [6.45, 7) is 5.87. The summed E-state index contributed by atoms with van der Waals surface area (Å²) in [6.07, 6.45) is 7.64. The highest BCUT2D eigenvalue weighted by Gasteiger charge is 2.23. The predicted molar refractivity (Wildman–Crippen MR) is 140 cm³/mol. The number of aromatic amines is 2. The minimum absolute atomic E-state index is 0. The van der Waals surface area contributed by atoms with Crippen molar-refractivity contribution in [3.63, 3.8) is 0 Å². The Morgan fingerprint density at radius 1 is 1.09 bits per heavy atom. The molecule has 2 amide bonds. The number of carbonyl (C=O) groups is 1. The summed E-state index contributed by atoms with van der Waals surface area (Å²) in [5.41, 5.74) is 1.75. The first-order valence-corrected chi connectivity index (χ1v) is 12.5. The van der Waals surface area contributed by atoms with Crippen LogP contribution in [0.2, 0.25) is 0 Å². The maximum atomic E-state index is 12.5. The Balaban J connectivity index is 0.00000289. The summed E-state index contributed by atoms with van der Waals surface area (Å²) in [5.74, 6) is 1.60. The molecule has 9 nitrogen and oxygen atoms in total. The van der Waals surface area contributed by atoms with E-state index in [0.717, 1.165) is 55.2 Å². The van der Waals surface area contributed by atoms with Gasteiger partial charge in [0.25, 0.3) is 0 Å². The molecular formula is C25H35ClN6O3. The zero-order valence-electron chi connectivity index (χ0n) is 20.1. The second-order valence-corrected chi connectivity index (χ2v) is 9.54. The molecule has 1 aliphatic heterocycles. The van der Waals surface area contributed by atoms with Gasteiger partial charge in [-0.2, -0.15) is 0 Å². The van der Waals surface area contributed by atoms with Crippen molar-refractivity contribution in [3.05, 3.63) is 34.7 Å². The molecule has 3 aromatic rings. The number of H-pyrrole nitrogens is 2. The van der Waals surface area contributed by atoms with Gasteiger partial charge in [0.05, 0.1) is 17.6 Å². The lowest BCUT2D eigenvalue weighted by Crippen LogP contribution is -2.52. The number of nitrogens with one attached hydrogen (secondary N) is 3. The van der Waals surface area contributed by atoms with Crippen molar-refractivity contribution >= 4 is 40.5 Å². The predicted octanol–water partition coefficient (Wildman–Crippen LogP) is 3.50. The number of halogens is 1. The topological polar surface area (TPSA) is 106 Å². The van der Waals surface area contributed by atoms with Crippen LogP contribution < -0.4 is 15.7 Å². The van der Waals surface area contributed by atoms with Gasteiger partial charge < -0.3 is 19.9 Å². The molecule has 2 fully saturated rings. The molecule has 1 saturated heterocycles. The van der Waals surface area contributed by atoms with Crippen LogP contribution in [0.3, 0.4) is 0 Å². The van der Waals surface area contributed by atoms with Gasteiger partial charge in [0.2, 0.25) is 0 Å². The van der Waals surface area contributed by atoms with Crippen molar-refractivity contribution < 1.29 is 9.53 Å². The Morgan fingerprint density at radius 3 is 2.69 bits per heavy atom. The maximum absolute atomic E-state index is 12.5. The third-order valence-corrected chi connectivity index (χ3v) is 7.03. The van der Waals surface area contributed by atoms with Gasteiger partial charge >= 0.3 is 11.7 Å². The van der Waals surface area contributed by atoms with E-state index in [4.69, 9.17) is 4.74 Å². The van der Waals surface area contributed by atoms with Crippen molar-refractivity contribution in [1.29, 1.82) is 0 Å². The van der Waals surface area contributed by atoms with Crippen molar-refractivity contribution in [2.45, 2.75) is 38.5 Å². The number of hydrogen-bond acceptors (Lipinski definition) is 5. The van der Waals surface area contributed by atoms with Crippen LogP contribution in [-0.2, 0) is 0 Å². The number of benzene rings is 1. The number of piperazine rings is 1. The van der Waals surface area contributed by atoms with Crippen LogP contribution in [0, 0.1) is 5.92 Å². The number of nitrogens with zero attached hydrogens (tertiary/aromatic N) is 3. The van der Waals surface area contributed by atoms with Gasteiger partial charge in [-0.15, -0.1) is 12.4 Å². The lowest BCUT2D eigenvalue weighted by molar-refractivity contribution is 0.119. The van der Waals surface area contributed by atoms with Crippen LogP contribution in [0.15, 0.2) is 29.1 Å². The molecule has 0 radical (unpaired) electrons. The van der Waals surface area contributed by atoms with E-state index in [0.29, 0.717) is 24.3 Å². The molecule has 3 N–H and O–H groups in total. The number of aromatic nitrogens is 3. The summed E-state index contributed by atoms with van der Waals surface area (Å²) in [6, 6.07) is 7.58. The molecule has 10 heteroatoms. The van der Waals surface area contributed by atoms with Crippen molar-refractivity contribution in [2.75, 3.05) is 45.9 Å². The van der Waals surface area contributed by atoms with Crippen LogP contribution >= 0.6 is 12.4 Å². The molecule has 2 aromatic heterocycles. The molecule has 5 rings (SSSR count). The molecule has 190 valence electrons. The average molecular weight is 503 g/mol. The fourth-order valence-corrected chi connectivity index (χ4v) is 5.13. The summed E-state index contributed by atoms with van der Waals surface area (Å²) in [5, 5.41) is 3.93. The molecule has 1 aromatic carbocycles. The number of rotatable bonds is 7. The van der Waals surface area contributed by atoms with E-state index in [1.165, 1.54) is 38.6 Å². The summed E-state index contributed by atoms with van der Waals surface area (Å²) in [4.78, 5) is 38.3. The number of fused-ring (bicyclic) bond motifs is 2. The molecule has 3 heterocycles. The van der Waals surface area contributed by atoms with Crippen LogP contribution in [0.4, 0.5) is 4.79 Å². The van der Waals surface area contributed by atoms with Crippen LogP contribution in [0.5, 0.6) is 5.75 Å². The minimum Gasteiger partial charge on any atom is -0.494 e. The Morgan fingerprint density at radius 2 is 1.89 bits per heavy atom. The SMILES string of the molecule is Cl.O=C(NCCCOc1ccc2nc3[nH]c(=O)[nH]c3cc2c1)N1CCN(CC2CCCCC2)CC1. The van der Waals surface area contributed by atoms with E-state index >= 15 is 0 Å². The highest BCUT2D eigenvalue weighted by Crippen LogP contribution is 2.25. The van der Waals surface area contributed by atoms with Gasteiger partial charge in [0, 0.05) is 44.7 Å². The van der Waals surface area contributed by atoms with Gasteiger partial charge in [-0.05, 0) is 49.4 Å². The molecule has 0 unspecified atom stereocenters. The zero-order valence-corrected chi connectivity index (χ0v) is 20.9. The van der Waals surface area contributed by atoms with E-state index in [-0.39, 0.29) is 24.1 Å². The smallest absolute Gasteiger partial charge is 0.325 e. The first kappa shape index (κ1) is 25.3. The third kappa shape index (κ3) is 6.46. The van der Waals surface area contributed by atoms with Gasteiger partial charge in [-0.1, -0.05) is 19.3 Å². The van der Waals surface area contributed by atoms with E-state index in [1.807, 2.05) is 29.2 Å². The van der Waals surface area contributed by atoms with E-state index in [1.54, 1.807) is 0 Å². The van der Waals surface area contributed by atoms with Gasteiger partial charge in [0.1, 0.15) is 5.75 Å². The average Bonchev–Trinajstić information content (AvgIpc) is 3.22. The van der Waals surface area contributed by atoms with Crippen LogP contribution in [0.1, 0.15) is 38.5 Å². The number of pyridine rings is 1. The molecule has 0 bridgehead atoms. The second kappa shape index (κ2) is 11.8. The quantitative estimate of drug-likeness (QED) is 0.429. The Hall–Kier alpha value is -2.78. The highest BCUT2D eigenvalue weighted by atomic mass is 35.5. The molecule has 35 heavy (non-hydrogen) atoms. The maximum Gasteiger partial charge on any atom is 0.325 e. The Labute approximate surface area is 211 Å². The Kier molecular flexibility index (Phi) is 8.51. The molecule has 1 aliphatic carbocycles. The number of amides is 2. The molecule has 0 spiro atoms. The van der Waals surface area contributed by atoms with Gasteiger partial charge in [0.15, 0.2) is 5.65 Å². The normalized spacial score (nSPS) is 17.4. The lowest BCUT2D eigenvalue weighted by Gasteiger charge is -2.37. The van der Waals surface area contributed by atoms with E-state index in [2.05, 4.69) is 25.2 Å². The largest absolute Gasteiger partial charge is 0.494 e. The minimum atomic E-state index is -0.266. The summed E-state index contributed by atoms with van der Waals surface area (Å²) in [7, 11) is 0. The number of ether oxygens (including phenoxy) is 1. The standard InChI is InChI=1S/C25H34N6O3.ClH/c32-24-28-22-16-19-15-20(7-8-21(19)27-23(22)29-24)34-14-4-9-26-25(33)31-12-10-30(11-13-31)17-18-5-2-1-3-6-18;/h7-8,15-16,18H,1-6,9-14,17H2,(H,26,33)(H2,27,28,29,32);1H. The first-order chi connectivity index (χ1) is 16.6. The Bertz CT molecular complexity index is 1180. The highest BCUT2D eigenvalue weighted by molar-refractivity contribution is 5.90. The van der Waals surface area contributed by atoms with Gasteiger partial charge in [-0.3, -0.25) is 9.88 Å². The zero-order chi connectivity index (χ0) is 23.3. The van der Waals surface area contributed by atoms with Crippen LogP contribution in [0.25, 0.3) is 22.1 Å². The van der Waals surface area contributed by atoms with Crippen molar-refractivity contribution in [2.24, 2.45) is 5.92 Å². The number of imidazole rings is 1. The molecular weight excluding hydrogens is 468 g/mol. The van der Waals surface area contributed by atoms with Crippen LogP contribution in [-0.4, -0.2) is 76.7 Å². The number of carbonyl (C=O) groups excluding carboxylic acids is 1. The second-order valence-electron chi connectivity index (χ2n) is 9.54. The molecule has 2 aliphatic rings. The fourth-order valence-electron chi connectivity index (χ4n) is 5.13. The fraction of sp³-hybridized carbons (Fsp3) is 0.560. The summed E-state index contributed by atoms with van der Waals surface area (Å²) < 4.78 is 5.87. The first-order valence-electron chi connectivity index (χ1n) is 12.5. The third-order valence-electron chi connectivity index (χ3n) is 7.03. The molecule has 1 saturated carbocycles. The number of hydrogen-bond donors (Lipinski definition) is 3. The van der Waals surface area contributed by atoms with Gasteiger partial charge in [-0.25, -0.2) is 14.6 Å². The van der Waals surface area contributed by atoms with Crippen molar-refractivity contribution in [1.82, 2.24) is 30.1 Å².